The van der Waals surface area contributed by atoms with Crippen molar-refractivity contribution < 1.29 is 13.6 Å². The number of benzene rings is 1. The van der Waals surface area contributed by atoms with E-state index in [1.165, 1.54) is 24.2 Å². The van der Waals surface area contributed by atoms with Gasteiger partial charge in [-0.15, -0.1) is 0 Å². The first-order chi connectivity index (χ1) is 17.4. The largest absolute Gasteiger partial charge is 0.333 e. The Morgan fingerprint density at radius 3 is 2.36 bits per heavy atom. The number of carbonyl (C=O) groups excluding carboxylic acids is 1. The second-order valence-electron chi connectivity index (χ2n) is 7.83. The van der Waals surface area contributed by atoms with E-state index in [1.54, 1.807) is 36.3 Å². The van der Waals surface area contributed by atoms with E-state index in [1.807, 2.05) is 31.3 Å². The summed E-state index contributed by atoms with van der Waals surface area (Å²) >= 11 is 0. The quantitative estimate of drug-likeness (QED) is 0.389. The van der Waals surface area contributed by atoms with Gasteiger partial charge < -0.3 is 10.6 Å². The van der Waals surface area contributed by atoms with Gasteiger partial charge in [0.1, 0.15) is 5.82 Å². The third-order valence-electron chi connectivity index (χ3n) is 5.04. The molecule has 2 N–H and O–H groups in total. The Morgan fingerprint density at radius 1 is 1.03 bits per heavy atom. The summed E-state index contributed by atoms with van der Waals surface area (Å²) < 4.78 is 27.2. The van der Waals surface area contributed by atoms with E-state index >= 15 is 0 Å². The van der Waals surface area contributed by atoms with Crippen LogP contribution in [0.25, 0.3) is 11.1 Å². The lowest BCUT2D eigenvalue weighted by molar-refractivity contribution is -0.115. The van der Waals surface area contributed by atoms with Crippen molar-refractivity contribution in [3.05, 3.63) is 84.1 Å². The first kappa shape index (κ1) is 26.2. The average molecular weight is 493 g/mol. The predicted octanol–water partition coefficient (Wildman–Crippen LogP) is 3.58. The van der Waals surface area contributed by atoms with Gasteiger partial charge in [-0.25, -0.2) is 9.67 Å². The van der Waals surface area contributed by atoms with E-state index < -0.39 is 6.55 Å². The molecule has 3 aromatic heterocycles. The fourth-order valence-electron chi connectivity index (χ4n) is 3.18. The van der Waals surface area contributed by atoms with Crippen molar-refractivity contribution >= 4 is 11.7 Å². The molecule has 1 amide bonds. The second kappa shape index (κ2) is 12.9. The third kappa shape index (κ3) is 7.82. The molecule has 186 valence electrons. The minimum absolute atomic E-state index is 0.193. The molecule has 0 aliphatic heterocycles. The number of nitrogens with zero attached hydrogens (tertiary/aromatic N) is 6. The summed E-state index contributed by atoms with van der Waals surface area (Å²) in [6.07, 6.45) is 8.66. The maximum Gasteiger partial charge on any atom is 0.333 e. The lowest BCUT2D eigenvalue weighted by atomic mass is 10.1. The van der Waals surface area contributed by atoms with Crippen LogP contribution in [0.1, 0.15) is 23.2 Å². The number of halogens is 2. The van der Waals surface area contributed by atoms with E-state index in [0.29, 0.717) is 21.6 Å². The summed E-state index contributed by atoms with van der Waals surface area (Å²) in [7, 11) is 3.71. The maximum atomic E-state index is 12.5. The summed E-state index contributed by atoms with van der Waals surface area (Å²) in [6.45, 7) is -1.70. The second-order valence-corrected chi connectivity index (χ2v) is 7.83. The molecule has 4 rings (SSSR count). The number of pyridine rings is 1. The lowest BCUT2D eigenvalue weighted by Crippen LogP contribution is -2.14. The summed E-state index contributed by atoms with van der Waals surface area (Å²) in [5.41, 5.74) is 3.95. The fourth-order valence-corrected chi connectivity index (χ4v) is 3.18. The molecule has 9 nitrogen and oxygen atoms in total. The number of hydrogen-bond donors (Lipinski definition) is 2. The Bertz CT molecular complexity index is 1290. The molecule has 0 atom stereocenters. The molecule has 1 aromatic carbocycles. The number of aryl methyl sites for hydroxylation is 1. The zero-order chi connectivity index (χ0) is 25.9. The van der Waals surface area contributed by atoms with Gasteiger partial charge in [0.05, 0.1) is 30.4 Å². The van der Waals surface area contributed by atoms with Gasteiger partial charge in [0, 0.05) is 36.8 Å². The van der Waals surface area contributed by atoms with Gasteiger partial charge in [0.15, 0.2) is 0 Å². The Kier molecular flexibility index (Phi) is 9.36. The molecule has 0 spiro atoms. The number of aromatic nitrogens is 5. The standard InChI is InChI=1S/C15H14F2N6O.C10H12N2/c1-22-8-10(5-19-22)4-14(24)21-13-3-2-11(6-18-13)12-7-20-23(9-12)15(16)17;1-12-7-6-9-2-4-10(8-11)5-3-9/h2-3,5-9,15H,4H2,1H3,(H,18,21,24);2-5,12H,6-7H2,1H3. The molecule has 0 saturated carbocycles. The number of amides is 1. The van der Waals surface area contributed by atoms with E-state index in [0.717, 1.165) is 24.1 Å². The number of nitriles is 1. The molecule has 3 heterocycles. The molecule has 0 radical (unpaired) electrons. The number of carbonyl (C=O) groups is 1. The highest BCUT2D eigenvalue weighted by Crippen LogP contribution is 2.21. The van der Waals surface area contributed by atoms with Crippen LogP contribution in [0.4, 0.5) is 14.6 Å². The predicted molar refractivity (Wildman–Crippen MR) is 131 cm³/mol. The normalized spacial score (nSPS) is 10.4. The van der Waals surface area contributed by atoms with E-state index in [4.69, 9.17) is 5.26 Å². The average Bonchev–Trinajstić information content (AvgIpc) is 3.53. The summed E-state index contributed by atoms with van der Waals surface area (Å²) in [5, 5.41) is 21.9. The summed E-state index contributed by atoms with van der Waals surface area (Å²) in [6, 6.07) is 13.1. The van der Waals surface area contributed by atoms with Crippen molar-refractivity contribution in [2.45, 2.75) is 19.4 Å². The van der Waals surface area contributed by atoms with Gasteiger partial charge in [0.25, 0.3) is 0 Å². The van der Waals surface area contributed by atoms with Crippen molar-refractivity contribution in [3.63, 3.8) is 0 Å². The van der Waals surface area contributed by atoms with E-state index in [-0.39, 0.29) is 12.3 Å². The highest BCUT2D eigenvalue weighted by Gasteiger charge is 2.10. The first-order valence-corrected chi connectivity index (χ1v) is 11.1. The van der Waals surface area contributed by atoms with E-state index in [2.05, 4.69) is 31.9 Å². The number of alkyl halides is 2. The minimum Gasteiger partial charge on any atom is -0.319 e. The number of anilines is 1. The van der Waals surface area contributed by atoms with Gasteiger partial charge in [-0.3, -0.25) is 9.48 Å². The van der Waals surface area contributed by atoms with Crippen molar-refractivity contribution in [1.82, 2.24) is 29.9 Å². The van der Waals surface area contributed by atoms with E-state index in [9.17, 15) is 13.6 Å². The fraction of sp³-hybridized carbons (Fsp3) is 0.240. The lowest BCUT2D eigenvalue weighted by Gasteiger charge is -2.04. The van der Waals surface area contributed by atoms with Crippen LogP contribution in [-0.2, 0) is 24.7 Å². The summed E-state index contributed by atoms with van der Waals surface area (Å²) in [5.74, 6) is 0.169. The molecule has 4 aromatic rings. The van der Waals surface area contributed by atoms with Gasteiger partial charge in [-0.2, -0.15) is 24.2 Å². The molecule has 0 bridgehead atoms. The Balaban J connectivity index is 0.000000253. The number of hydrogen-bond acceptors (Lipinski definition) is 6. The molecule has 0 aliphatic carbocycles. The molecule has 0 aliphatic rings. The van der Waals surface area contributed by atoms with Gasteiger partial charge in [-0.1, -0.05) is 12.1 Å². The van der Waals surface area contributed by atoms with Crippen LogP contribution < -0.4 is 10.6 Å². The van der Waals surface area contributed by atoms with Crippen LogP contribution in [-0.4, -0.2) is 44.0 Å². The molecule has 11 heteroatoms. The summed E-state index contributed by atoms with van der Waals surface area (Å²) in [4.78, 5) is 16.1. The molecule has 0 fully saturated rings. The SMILES string of the molecule is CNCCc1ccc(C#N)cc1.Cn1cc(CC(=O)Nc2ccc(-c3cnn(C(F)F)c3)cn2)cn1. The molecule has 36 heavy (non-hydrogen) atoms. The third-order valence-corrected chi connectivity index (χ3v) is 5.04. The maximum absolute atomic E-state index is 12.5. The number of likely N-dealkylation sites (N-methyl/N-ethyl adjacent to an activating group) is 1. The van der Waals surface area contributed by atoms with Gasteiger partial charge in [0.2, 0.25) is 5.91 Å². The minimum atomic E-state index is -2.68. The van der Waals surface area contributed by atoms with Crippen LogP contribution >= 0.6 is 0 Å². The highest BCUT2D eigenvalue weighted by atomic mass is 19.3. The molecule has 0 saturated heterocycles. The topological polar surface area (TPSA) is 113 Å². The smallest absolute Gasteiger partial charge is 0.319 e. The Hall–Kier alpha value is -4.43. The first-order valence-electron chi connectivity index (χ1n) is 11.1. The number of rotatable bonds is 8. The van der Waals surface area contributed by atoms with Crippen LogP contribution in [0.5, 0.6) is 0 Å². The van der Waals surface area contributed by atoms with Crippen LogP contribution in [0.15, 0.2) is 67.4 Å². The van der Waals surface area contributed by atoms with Crippen LogP contribution in [0.2, 0.25) is 0 Å². The highest BCUT2D eigenvalue weighted by molar-refractivity contribution is 5.91. The van der Waals surface area contributed by atoms with Crippen molar-refractivity contribution in [3.8, 4) is 17.2 Å². The van der Waals surface area contributed by atoms with Crippen molar-refractivity contribution in [2.24, 2.45) is 7.05 Å². The number of nitrogens with one attached hydrogen (secondary N) is 2. The zero-order valence-electron chi connectivity index (χ0n) is 19.9. The Labute approximate surface area is 207 Å². The van der Waals surface area contributed by atoms with Crippen LogP contribution in [0, 0.1) is 11.3 Å². The van der Waals surface area contributed by atoms with Gasteiger partial charge in [-0.05, 0) is 55.4 Å². The van der Waals surface area contributed by atoms with Gasteiger partial charge >= 0.3 is 6.55 Å². The zero-order valence-corrected chi connectivity index (χ0v) is 19.9. The molecular weight excluding hydrogens is 466 g/mol. The Morgan fingerprint density at radius 2 is 1.81 bits per heavy atom. The van der Waals surface area contributed by atoms with Crippen LogP contribution in [0.3, 0.4) is 0 Å². The monoisotopic (exact) mass is 492 g/mol. The van der Waals surface area contributed by atoms with Crippen molar-refractivity contribution in [2.75, 3.05) is 18.9 Å². The molecular formula is C25H26F2N8O. The molecule has 0 unspecified atom stereocenters. The van der Waals surface area contributed by atoms with Crippen molar-refractivity contribution in [1.29, 1.82) is 5.26 Å².